The Balaban J connectivity index is -0.000000845. The van der Waals surface area contributed by atoms with Crippen molar-refractivity contribution < 1.29 is 72.6 Å². The summed E-state index contributed by atoms with van der Waals surface area (Å²) in [6, 6.07) is 0. The number of unbranched alkanes of at least 4 members (excludes halogenated alkanes) is 5. The maximum absolute atomic E-state index is 10.1. The normalized spacial score (nSPS) is 9.33. The van der Waals surface area contributed by atoms with Gasteiger partial charge in [0.1, 0.15) is 0 Å². The molecule has 0 rings (SSSR count). The number of aliphatic carboxylic acids is 2. The van der Waals surface area contributed by atoms with E-state index >= 15 is 0 Å². The maximum atomic E-state index is 10.1. The van der Waals surface area contributed by atoms with Crippen LogP contribution in [0.3, 0.4) is 0 Å². The second-order valence-corrected chi connectivity index (χ2v) is 3.41. The molecule has 0 heterocycles. The van der Waals surface area contributed by atoms with Gasteiger partial charge in [-0.2, -0.15) is 0 Å². The molecular formula is C10H19KO4. The number of carboxylic acids is 2. The molecule has 0 aromatic carbocycles. The summed E-state index contributed by atoms with van der Waals surface area (Å²) in [6.07, 6.45) is 5.82. The van der Waals surface area contributed by atoms with Gasteiger partial charge in [-0.15, -0.1) is 0 Å². The van der Waals surface area contributed by atoms with Crippen molar-refractivity contribution in [3.8, 4) is 0 Å². The molecule has 2 N–H and O–H groups in total. The van der Waals surface area contributed by atoms with Gasteiger partial charge in [-0.1, -0.05) is 25.7 Å². The van der Waals surface area contributed by atoms with Crippen LogP contribution >= 0.6 is 0 Å². The summed E-state index contributed by atoms with van der Waals surface area (Å²) in [6.45, 7) is 0. The van der Waals surface area contributed by atoms with Gasteiger partial charge in [0, 0.05) is 12.8 Å². The number of hydrogen-bond acceptors (Lipinski definition) is 2. The molecule has 0 fully saturated rings. The standard InChI is InChI=1S/C10H18O4.K.H/c11-9(12)7-5-3-1-2-4-6-8-10(13)14;;/h1-8H2,(H,11,12)(H,13,14);;/q;+1;-1. The molecule has 0 bridgehead atoms. The van der Waals surface area contributed by atoms with E-state index in [2.05, 4.69) is 0 Å². The van der Waals surface area contributed by atoms with E-state index in [9.17, 15) is 9.59 Å². The number of hydrogen-bond donors (Lipinski definition) is 2. The Morgan fingerprint density at radius 3 is 1.27 bits per heavy atom. The quantitative estimate of drug-likeness (QED) is 0.418. The Kier molecular flexibility index (Phi) is 15.1. The van der Waals surface area contributed by atoms with Crippen molar-refractivity contribution >= 4 is 11.9 Å². The molecule has 0 saturated heterocycles. The minimum absolute atomic E-state index is 0. The molecule has 0 aliphatic rings. The van der Waals surface area contributed by atoms with Crippen molar-refractivity contribution in [1.82, 2.24) is 0 Å². The van der Waals surface area contributed by atoms with Gasteiger partial charge in [0.2, 0.25) is 0 Å². The van der Waals surface area contributed by atoms with Crippen LogP contribution in [0.4, 0.5) is 0 Å². The fourth-order valence-electron chi connectivity index (χ4n) is 1.26. The van der Waals surface area contributed by atoms with Gasteiger partial charge in [0.05, 0.1) is 0 Å². The molecular weight excluding hydrogens is 223 g/mol. The van der Waals surface area contributed by atoms with E-state index < -0.39 is 11.9 Å². The summed E-state index contributed by atoms with van der Waals surface area (Å²) < 4.78 is 0. The van der Waals surface area contributed by atoms with Gasteiger partial charge in [-0.05, 0) is 12.8 Å². The summed E-state index contributed by atoms with van der Waals surface area (Å²) >= 11 is 0. The van der Waals surface area contributed by atoms with E-state index in [0.29, 0.717) is 0 Å². The minimum atomic E-state index is -0.740. The monoisotopic (exact) mass is 242 g/mol. The van der Waals surface area contributed by atoms with Gasteiger partial charge in [0.25, 0.3) is 0 Å². The van der Waals surface area contributed by atoms with E-state index in [4.69, 9.17) is 10.2 Å². The van der Waals surface area contributed by atoms with Crippen molar-refractivity contribution in [2.24, 2.45) is 0 Å². The maximum Gasteiger partial charge on any atom is 1.00 e. The molecule has 0 aromatic rings. The first-order valence-electron chi connectivity index (χ1n) is 5.06. The second kappa shape index (κ2) is 12.6. The molecule has 4 nitrogen and oxygen atoms in total. The summed E-state index contributed by atoms with van der Waals surface area (Å²) in [5.74, 6) is -1.48. The summed E-state index contributed by atoms with van der Waals surface area (Å²) in [5.41, 5.74) is 0. The Morgan fingerprint density at radius 2 is 1.00 bits per heavy atom. The Morgan fingerprint density at radius 1 is 0.733 bits per heavy atom. The van der Waals surface area contributed by atoms with Gasteiger partial charge < -0.3 is 11.6 Å². The number of carboxylic acid groups (broad SMARTS) is 2. The molecule has 0 aliphatic heterocycles. The van der Waals surface area contributed by atoms with Crippen molar-refractivity contribution in [3.63, 3.8) is 0 Å². The molecule has 0 aliphatic carbocycles. The Labute approximate surface area is 134 Å². The molecule has 84 valence electrons. The Bertz CT molecular complexity index is 168. The molecule has 5 heteroatoms. The first-order chi connectivity index (χ1) is 6.63. The zero-order chi connectivity index (χ0) is 10.8. The van der Waals surface area contributed by atoms with E-state index in [0.717, 1.165) is 38.5 Å². The van der Waals surface area contributed by atoms with Gasteiger partial charge >= 0.3 is 63.3 Å². The SMILES string of the molecule is O=C(O)CCCCCCCCC(=O)O.[H-].[K+]. The van der Waals surface area contributed by atoms with Crippen LogP contribution in [-0.4, -0.2) is 22.2 Å². The van der Waals surface area contributed by atoms with Crippen LogP contribution in [0.1, 0.15) is 52.8 Å². The van der Waals surface area contributed by atoms with Crippen molar-refractivity contribution in [1.29, 1.82) is 0 Å². The molecule has 15 heavy (non-hydrogen) atoms. The smallest absolute Gasteiger partial charge is 1.00 e. The number of rotatable bonds is 9. The van der Waals surface area contributed by atoms with Crippen LogP contribution < -0.4 is 51.4 Å². The average Bonchev–Trinajstić information content (AvgIpc) is 2.08. The van der Waals surface area contributed by atoms with Crippen LogP contribution in [0.2, 0.25) is 0 Å². The van der Waals surface area contributed by atoms with Crippen LogP contribution in [0.25, 0.3) is 0 Å². The molecule has 0 spiro atoms. The fraction of sp³-hybridized carbons (Fsp3) is 0.800. The average molecular weight is 242 g/mol. The fourth-order valence-corrected chi connectivity index (χ4v) is 1.26. The third-order valence-corrected chi connectivity index (χ3v) is 2.03. The minimum Gasteiger partial charge on any atom is -1.00 e. The van der Waals surface area contributed by atoms with Crippen LogP contribution in [0.15, 0.2) is 0 Å². The van der Waals surface area contributed by atoms with E-state index in [1.165, 1.54) is 0 Å². The van der Waals surface area contributed by atoms with Crippen molar-refractivity contribution in [2.75, 3.05) is 0 Å². The van der Waals surface area contributed by atoms with Crippen LogP contribution in [-0.2, 0) is 9.59 Å². The first kappa shape index (κ1) is 18.0. The molecule has 0 atom stereocenters. The zero-order valence-electron chi connectivity index (χ0n) is 10.4. The Hall–Kier alpha value is 0.576. The van der Waals surface area contributed by atoms with Crippen molar-refractivity contribution in [2.45, 2.75) is 51.4 Å². The largest absolute Gasteiger partial charge is 1.00 e. The van der Waals surface area contributed by atoms with Crippen LogP contribution in [0.5, 0.6) is 0 Å². The third-order valence-electron chi connectivity index (χ3n) is 2.03. The second-order valence-electron chi connectivity index (χ2n) is 3.41. The van der Waals surface area contributed by atoms with Crippen molar-refractivity contribution in [3.05, 3.63) is 0 Å². The van der Waals surface area contributed by atoms with Gasteiger partial charge in [0.15, 0.2) is 0 Å². The predicted octanol–water partition coefficient (Wildman–Crippen LogP) is -0.607. The first-order valence-corrected chi connectivity index (χ1v) is 5.06. The molecule has 0 amide bonds. The summed E-state index contributed by atoms with van der Waals surface area (Å²) in [7, 11) is 0. The van der Waals surface area contributed by atoms with Gasteiger partial charge in [-0.3, -0.25) is 9.59 Å². The summed E-state index contributed by atoms with van der Waals surface area (Å²) in [5, 5.41) is 16.7. The van der Waals surface area contributed by atoms with Crippen LogP contribution in [0, 0.1) is 0 Å². The molecule has 0 radical (unpaired) electrons. The topological polar surface area (TPSA) is 74.6 Å². The number of carbonyl (C=O) groups is 2. The van der Waals surface area contributed by atoms with E-state index in [1.807, 2.05) is 0 Å². The molecule has 0 unspecified atom stereocenters. The van der Waals surface area contributed by atoms with E-state index in [1.54, 1.807) is 0 Å². The van der Waals surface area contributed by atoms with E-state index in [-0.39, 0.29) is 65.7 Å². The molecule has 0 saturated carbocycles. The zero-order valence-corrected chi connectivity index (χ0v) is 12.5. The predicted molar refractivity (Wildman–Crippen MR) is 53.3 cm³/mol. The van der Waals surface area contributed by atoms with Gasteiger partial charge in [-0.25, -0.2) is 0 Å². The third kappa shape index (κ3) is 17.2. The summed E-state index contributed by atoms with van der Waals surface area (Å²) in [4.78, 5) is 20.3. The molecule has 0 aromatic heterocycles.